The van der Waals surface area contributed by atoms with Crippen LogP contribution in [-0.2, 0) is 6.54 Å². The lowest BCUT2D eigenvalue weighted by molar-refractivity contribution is 0.0966. The Hall–Kier alpha value is -3.06. The normalized spacial score (nSPS) is 14.2. The van der Waals surface area contributed by atoms with Crippen LogP contribution >= 0.6 is 11.6 Å². The van der Waals surface area contributed by atoms with E-state index >= 15 is 0 Å². The maximum atomic E-state index is 12.3. The quantitative estimate of drug-likeness (QED) is 0.533. The Bertz CT molecular complexity index is 1190. The summed E-state index contributed by atoms with van der Waals surface area (Å²) in [5.74, 6) is 1.27. The highest BCUT2D eigenvalue weighted by molar-refractivity contribution is 6.32. The van der Waals surface area contributed by atoms with Gasteiger partial charge >= 0.3 is 0 Å². The molecule has 0 saturated carbocycles. The van der Waals surface area contributed by atoms with Crippen LogP contribution in [0, 0.1) is 12.8 Å². The van der Waals surface area contributed by atoms with E-state index in [2.05, 4.69) is 16.0 Å². The Morgan fingerprint density at radius 2 is 1.79 bits per heavy atom. The predicted molar refractivity (Wildman–Crippen MR) is 112 cm³/mol. The first-order valence-electron chi connectivity index (χ1n) is 9.30. The summed E-state index contributed by atoms with van der Waals surface area (Å²) in [6, 6.07) is 6.70. The van der Waals surface area contributed by atoms with E-state index in [9.17, 15) is 14.4 Å². The van der Waals surface area contributed by atoms with E-state index in [-0.39, 0.29) is 29.2 Å². The molecule has 29 heavy (non-hydrogen) atoms. The molecule has 1 amide bonds. The minimum atomic E-state index is -0.632. The number of carbonyl (C=O) groups is 1. The summed E-state index contributed by atoms with van der Waals surface area (Å²) in [5.41, 5.74) is 0.575. The number of hydrogen-bond donors (Lipinski definition) is 3. The molecule has 0 spiro atoms. The van der Waals surface area contributed by atoms with Gasteiger partial charge < -0.3 is 20.4 Å². The number of anilines is 3. The van der Waals surface area contributed by atoms with E-state index in [0.29, 0.717) is 34.1 Å². The molecule has 0 fully saturated rings. The molecule has 8 heteroatoms. The van der Waals surface area contributed by atoms with Crippen molar-refractivity contribution in [3.05, 3.63) is 72.4 Å². The van der Waals surface area contributed by atoms with E-state index in [1.807, 2.05) is 32.9 Å². The molecule has 0 saturated heterocycles. The zero-order valence-electron chi connectivity index (χ0n) is 16.2. The zero-order chi connectivity index (χ0) is 20.9. The maximum absolute atomic E-state index is 12.3. The van der Waals surface area contributed by atoms with Crippen LogP contribution in [0.5, 0.6) is 0 Å². The van der Waals surface area contributed by atoms with Gasteiger partial charge in [0.25, 0.3) is 16.8 Å². The second kappa shape index (κ2) is 7.08. The predicted octanol–water partition coefficient (Wildman–Crippen LogP) is 3.63. The molecule has 2 heterocycles. The average Bonchev–Trinajstić information content (AvgIpc) is 3.29. The van der Waals surface area contributed by atoms with Crippen LogP contribution in [-0.4, -0.2) is 5.91 Å². The molecular formula is C21H20ClN3O4. The molecule has 0 radical (unpaired) electrons. The van der Waals surface area contributed by atoms with Gasteiger partial charge in [-0.25, -0.2) is 0 Å². The molecule has 0 unspecified atom stereocenters. The summed E-state index contributed by atoms with van der Waals surface area (Å²) in [6.45, 7) is 6.15. The molecule has 3 aromatic rings. The number of nitrogens with one attached hydrogen (secondary N) is 3. The molecule has 0 bridgehead atoms. The number of amides is 1. The Morgan fingerprint density at radius 1 is 1.07 bits per heavy atom. The zero-order valence-corrected chi connectivity index (χ0v) is 16.9. The summed E-state index contributed by atoms with van der Waals surface area (Å²) in [6.07, 6.45) is 0. The monoisotopic (exact) mass is 413 g/mol. The topological polar surface area (TPSA) is 100 Å². The number of furan rings is 1. The Balaban J connectivity index is 1.68. The van der Waals surface area contributed by atoms with Crippen LogP contribution in [0.1, 0.15) is 47.3 Å². The highest BCUT2D eigenvalue weighted by Crippen LogP contribution is 2.34. The van der Waals surface area contributed by atoms with Crippen LogP contribution < -0.4 is 26.8 Å². The number of fused-ring (bicyclic) bond motifs is 1. The SMILES string of the molecule is Cc1ccc([C@H](Nc2c(Nc3ccc(Cl)c4c3C(=O)NC4)c(=O)c2=O)C(C)C)o1. The molecular weight excluding hydrogens is 394 g/mol. The van der Waals surface area contributed by atoms with Crippen molar-refractivity contribution in [2.45, 2.75) is 33.4 Å². The average molecular weight is 414 g/mol. The van der Waals surface area contributed by atoms with Gasteiger partial charge in [0.05, 0.1) is 17.3 Å². The number of carbonyl (C=O) groups excluding carboxylic acids is 1. The molecule has 4 rings (SSSR count). The molecule has 150 valence electrons. The van der Waals surface area contributed by atoms with Crippen molar-refractivity contribution >= 4 is 34.6 Å². The standard InChI is InChI=1S/C21H20ClN3O4/c1-9(2)16(14-7-4-10(3)29-14)25-18-17(19(26)20(18)27)24-13-6-5-12(22)11-8-23-21(28)15(11)13/h4-7,9,16,24-25H,8H2,1-3H3,(H,23,28)/t16-/m1/s1. The fourth-order valence-corrected chi connectivity index (χ4v) is 3.77. The summed E-state index contributed by atoms with van der Waals surface area (Å²) < 4.78 is 5.71. The number of halogens is 1. The van der Waals surface area contributed by atoms with Gasteiger partial charge in [0.15, 0.2) is 0 Å². The van der Waals surface area contributed by atoms with Crippen LogP contribution in [0.3, 0.4) is 0 Å². The molecule has 3 N–H and O–H groups in total. The lowest BCUT2D eigenvalue weighted by Gasteiger charge is -2.24. The third kappa shape index (κ3) is 3.21. The highest BCUT2D eigenvalue weighted by atomic mass is 35.5. The van der Waals surface area contributed by atoms with E-state index in [1.54, 1.807) is 12.1 Å². The highest BCUT2D eigenvalue weighted by Gasteiger charge is 2.30. The summed E-state index contributed by atoms with van der Waals surface area (Å²) >= 11 is 6.17. The van der Waals surface area contributed by atoms with Crippen LogP contribution in [0.4, 0.5) is 17.1 Å². The minimum absolute atomic E-state index is 0.100. The fraction of sp³-hybridized carbons (Fsp3) is 0.286. The first-order chi connectivity index (χ1) is 13.8. The van der Waals surface area contributed by atoms with E-state index in [4.69, 9.17) is 16.0 Å². The van der Waals surface area contributed by atoms with E-state index in [1.165, 1.54) is 0 Å². The number of hydrogen-bond acceptors (Lipinski definition) is 6. The maximum Gasteiger partial charge on any atom is 0.254 e. The number of aryl methyl sites for hydroxylation is 1. The largest absolute Gasteiger partial charge is 0.464 e. The van der Waals surface area contributed by atoms with Crippen molar-refractivity contribution in [1.29, 1.82) is 0 Å². The summed E-state index contributed by atoms with van der Waals surface area (Å²) in [4.78, 5) is 36.7. The van der Waals surface area contributed by atoms with Crippen molar-refractivity contribution in [3.8, 4) is 0 Å². The van der Waals surface area contributed by atoms with Gasteiger partial charge in [-0.15, -0.1) is 0 Å². The summed E-state index contributed by atoms with van der Waals surface area (Å²) in [7, 11) is 0. The first-order valence-corrected chi connectivity index (χ1v) is 9.68. The fourth-order valence-electron chi connectivity index (χ4n) is 3.54. The van der Waals surface area contributed by atoms with Crippen molar-refractivity contribution in [3.63, 3.8) is 0 Å². The Morgan fingerprint density at radius 3 is 2.45 bits per heavy atom. The third-order valence-corrected chi connectivity index (χ3v) is 5.47. The van der Waals surface area contributed by atoms with E-state index in [0.717, 1.165) is 5.76 Å². The van der Waals surface area contributed by atoms with E-state index < -0.39 is 10.9 Å². The van der Waals surface area contributed by atoms with Gasteiger partial charge in [-0.1, -0.05) is 25.4 Å². The van der Waals surface area contributed by atoms with Gasteiger partial charge in [-0.3, -0.25) is 14.4 Å². The first kappa shape index (κ1) is 19.3. The molecule has 1 aliphatic rings. The number of benzene rings is 1. The lowest BCUT2D eigenvalue weighted by Crippen LogP contribution is -2.38. The Kier molecular flexibility index (Phi) is 4.70. The van der Waals surface area contributed by atoms with Gasteiger partial charge in [0.1, 0.15) is 22.9 Å². The van der Waals surface area contributed by atoms with Gasteiger partial charge in [-0.2, -0.15) is 0 Å². The second-order valence-electron chi connectivity index (χ2n) is 7.48. The smallest absolute Gasteiger partial charge is 0.254 e. The third-order valence-electron chi connectivity index (χ3n) is 5.11. The van der Waals surface area contributed by atoms with Crippen molar-refractivity contribution in [2.24, 2.45) is 5.92 Å². The van der Waals surface area contributed by atoms with Crippen molar-refractivity contribution < 1.29 is 9.21 Å². The molecule has 7 nitrogen and oxygen atoms in total. The Labute approximate surface area is 171 Å². The molecule has 1 aromatic heterocycles. The van der Waals surface area contributed by atoms with Crippen LogP contribution in [0.15, 0.2) is 38.3 Å². The van der Waals surface area contributed by atoms with Crippen molar-refractivity contribution in [2.75, 3.05) is 10.6 Å². The van der Waals surface area contributed by atoms with Crippen molar-refractivity contribution in [1.82, 2.24) is 5.32 Å². The molecule has 1 atom stereocenters. The van der Waals surface area contributed by atoms with Crippen LogP contribution in [0.25, 0.3) is 0 Å². The van der Waals surface area contributed by atoms with Gasteiger partial charge in [0, 0.05) is 17.1 Å². The molecule has 2 aromatic carbocycles. The minimum Gasteiger partial charge on any atom is -0.464 e. The second-order valence-corrected chi connectivity index (χ2v) is 7.89. The summed E-state index contributed by atoms with van der Waals surface area (Å²) in [5, 5.41) is 9.30. The lowest BCUT2D eigenvalue weighted by atomic mass is 10.00. The molecule has 1 aliphatic heterocycles. The van der Waals surface area contributed by atoms with Crippen LogP contribution in [0.2, 0.25) is 5.02 Å². The van der Waals surface area contributed by atoms with Gasteiger partial charge in [0.2, 0.25) is 0 Å². The van der Waals surface area contributed by atoms with Gasteiger partial charge in [-0.05, 0) is 37.1 Å². The number of rotatable bonds is 6. The molecule has 0 aliphatic carbocycles.